The van der Waals surface area contributed by atoms with E-state index in [-0.39, 0.29) is 5.91 Å². The summed E-state index contributed by atoms with van der Waals surface area (Å²) in [7, 11) is 0. The maximum atomic E-state index is 12.2. The van der Waals surface area contributed by atoms with E-state index >= 15 is 0 Å². The normalized spacial score (nSPS) is 14.8. The molecule has 0 aliphatic carbocycles. The van der Waals surface area contributed by atoms with Gasteiger partial charge in [-0.2, -0.15) is 0 Å². The molecule has 0 unspecified atom stereocenters. The fraction of sp³-hybridized carbons (Fsp3) is 0.188. The molecule has 0 atom stereocenters. The Morgan fingerprint density at radius 1 is 1.10 bits per heavy atom. The van der Waals surface area contributed by atoms with Crippen molar-refractivity contribution in [3.63, 3.8) is 0 Å². The highest BCUT2D eigenvalue weighted by molar-refractivity contribution is 6.04. The fourth-order valence-corrected chi connectivity index (χ4v) is 2.18. The lowest BCUT2D eigenvalue weighted by atomic mass is 10.2. The average Bonchev–Trinajstić information content (AvgIpc) is 2.72. The van der Waals surface area contributed by atoms with Crippen molar-refractivity contribution in [2.24, 2.45) is 0 Å². The number of amides is 1. The van der Waals surface area contributed by atoms with Gasteiger partial charge in [0.2, 0.25) is 5.79 Å². The van der Waals surface area contributed by atoms with E-state index in [9.17, 15) is 4.79 Å². The fourth-order valence-electron chi connectivity index (χ4n) is 2.18. The number of benzene rings is 2. The molecule has 0 aromatic heterocycles. The molecule has 108 valence electrons. The first-order chi connectivity index (χ1) is 9.93. The van der Waals surface area contributed by atoms with E-state index in [4.69, 9.17) is 15.2 Å². The maximum absolute atomic E-state index is 12.2. The summed E-state index contributed by atoms with van der Waals surface area (Å²) in [5, 5.41) is 2.81. The molecule has 0 spiro atoms. The third-order valence-electron chi connectivity index (χ3n) is 3.06. The van der Waals surface area contributed by atoms with E-state index in [0.717, 1.165) is 0 Å². The summed E-state index contributed by atoms with van der Waals surface area (Å²) in [6.07, 6.45) is 0. The molecule has 0 saturated heterocycles. The minimum Gasteiger partial charge on any atom is -0.449 e. The highest BCUT2D eigenvalue weighted by atomic mass is 16.7. The van der Waals surface area contributed by atoms with Crippen molar-refractivity contribution >= 4 is 17.3 Å². The largest absolute Gasteiger partial charge is 0.449 e. The van der Waals surface area contributed by atoms with Gasteiger partial charge in [0.15, 0.2) is 11.5 Å². The SMILES string of the molecule is CC1(C)Oc2ccc(NC(=O)c3cccc(N)c3)cc2O1. The van der Waals surface area contributed by atoms with Crippen LogP contribution in [0.3, 0.4) is 0 Å². The van der Waals surface area contributed by atoms with Crippen LogP contribution in [0.5, 0.6) is 11.5 Å². The van der Waals surface area contributed by atoms with Crippen LogP contribution in [-0.4, -0.2) is 11.7 Å². The Hall–Kier alpha value is -2.69. The number of nitrogen functional groups attached to an aromatic ring is 1. The number of fused-ring (bicyclic) bond motifs is 1. The highest BCUT2D eigenvalue weighted by Crippen LogP contribution is 2.40. The molecule has 0 bridgehead atoms. The van der Waals surface area contributed by atoms with Gasteiger partial charge in [-0.1, -0.05) is 6.07 Å². The maximum Gasteiger partial charge on any atom is 0.255 e. The van der Waals surface area contributed by atoms with Crippen molar-refractivity contribution in [3.8, 4) is 11.5 Å². The second-order valence-corrected chi connectivity index (χ2v) is 5.35. The number of nitrogens with two attached hydrogens (primary N) is 1. The van der Waals surface area contributed by atoms with Crippen molar-refractivity contribution in [1.82, 2.24) is 0 Å². The van der Waals surface area contributed by atoms with Crippen molar-refractivity contribution in [2.75, 3.05) is 11.1 Å². The molecular formula is C16H16N2O3. The zero-order chi connectivity index (χ0) is 15.0. The number of rotatable bonds is 2. The van der Waals surface area contributed by atoms with Gasteiger partial charge in [-0.05, 0) is 30.3 Å². The van der Waals surface area contributed by atoms with E-state index < -0.39 is 5.79 Å². The first kappa shape index (κ1) is 13.3. The summed E-state index contributed by atoms with van der Waals surface area (Å²) in [5.74, 6) is 0.381. The second-order valence-electron chi connectivity index (χ2n) is 5.35. The van der Waals surface area contributed by atoms with Gasteiger partial charge in [-0.15, -0.1) is 0 Å². The lowest BCUT2D eigenvalue weighted by Gasteiger charge is -2.16. The van der Waals surface area contributed by atoms with Gasteiger partial charge in [-0.25, -0.2) is 0 Å². The molecule has 1 heterocycles. The van der Waals surface area contributed by atoms with Crippen LogP contribution < -0.4 is 20.5 Å². The summed E-state index contributed by atoms with van der Waals surface area (Å²) in [6.45, 7) is 3.66. The van der Waals surface area contributed by atoms with Gasteiger partial charge in [0.25, 0.3) is 5.91 Å². The summed E-state index contributed by atoms with van der Waals surface area (Å²) in [6, 6.07) is 12.1. The predicted molar refractivity (Wildman–Crippen MR) is 80.6 cm³/mol. The number of carbonyl (C=O) groups excluding carboxylic acids is 1. The highest BCUT2D eigenvalue weighted by Gasteiger charge is 2.31. The second kappa shape index (κ2) is 4.70. The van der Waals surface area contributed by atoms with Crippen LogP contribution in [0.4, 0.5) is 11.4 Å². The number of nitrogens with one attached hydrogen (secondary N) is 1. The monoisotopic (exact) mass is 284 g/mol. The zero-order valence-corrected chi connectivity index (χ0v) is 11.8. The van der Waals surface area contributed by atoms with Gasteiger partial charge in [0.05, 0.1) is 0 Å². The van der Waals surface area contributed by atoms with Crippen LogP contribution in [0.25, 0.3) is 0 Å². The third-order valence-corrected chi connectivity index (χ3v) is 3.06. The van der Waals surface area contributed by atoms with Crippen molar-refractivity contribution < 1.29 is 14.3 Å². The molecule has 5 nitrogen and oxygen atoms in total. The Kier molecular flexibility index (Phi) is 2.97. The van der Waals surface area contributed by atoms with E-state index in [0.29, 0.717) is 28.4 Å². The Labute approximate surface area is 122 Å². The number of ether oxygens (including phenoxy) is 2. The Morgan fingerprint density at radius 3 is 2.62 bits per heavy atom. The standard InChI is InChI=1S/C16H16N2O3/c1-16(2)20-13-7-6-12(9-14(13)21-16)18-15(19)10-4-3-5-11(17)8-10/h3-9H,17H2,1-2H3,(H,18,19). The zero-order valence-electron chi connectivity index (χ0n) is 11.8. The van der Waals surface area contributed by atoms with Crippen LogP contribution in [0.15, 0.2) is 42.5 Å². The molecule has 2 aromatic rings. The molecule has 3 rings (SSSR count). The summed E-state index contributed by atoms with van der Waals surface area (Å²) >= 11 is 0. The van der Waals surface area contributed by atoms with Crippen LogP contribution in [-0.2, 0) is 0 Å². The molecule has 5 heteroatoms. The number of anilines is 2. The molecule has 2 aromatic carbocycles. The van der Waals surface area contributed by atoms with Gasteiger partial charge < -0.3 is 20.5 Å². The number of hydrogen-bond acceptors (Lipinski definition) is 4. The topological polar surface area (TPSA) is 73.6 Å². The lowest BCUT2D eigenvalue weighted by molar-refractivity contribution is -0.0431. The Balaban J connectivity index is 1.79. The molecule has 0 fully saturated rings. The molecule has 1 aliphatic heterocycles. The van der Waals surface area contributed by atoms with E-state index in [1.807, 2.05) is 13.8 Å². The van der Waals surface area contributed by atoms with Crippen LogP contribution in [0.1, 0.15) is 24.2 Å². The van der Waals surface area contributed by atoms with Gasteiger partial charge in [0.1, 0.15) is 0 Å². The van der Waals surface area contributed by atoms with Crippen molar-refractivity contribution in [1.29, 1.82) is 0 Å². The number of carbonyl (C=O) groups is 1. The molecule has 3 N–H and O–H groups in total. The molecule has 0 radical (unpaired) electrons. The molecule has 1 amide bonds. The minimum absolute atomic E-state index is 0.222. The predicted octanol–water partition coefficient (Wildman–Crippen LogP) is 3.03. The van der Waals surface area contributed by atoms with Gasteiger partial charge in [-0.3, -0.25) is 4.79 Å². The van der Waals surface area contributed by atoms with E-state index in [2.05, 4.69) is 5.32 Å². The molecule has 0 saturated carbocycles. The molecular weight excluding hydrogens is 268 g/mol. The van der Waals surface area contributed by atoms with E-state index in [1.165, 1.54) is 0 Å². The average molecular weight is 284 g/mol. The summed E-state index contributed by atoms with van der Waals surface area (Å²) in [4.78, 5) is 12.2. The molecule has 21 heavy (non-hydrogen) atoms. The minimum atomic E-state index is -0.682. The number of hydrogen-bond donors (Lipinski definition) is 2. The molecule has 1 aliphatic rings. The lowest BCUT2D eigenvalue weighted by Crippen LogP contribution is -2.29. The Bertz CT molecular complexity index is 710. The van der Waals surface area contributed by atoms with Crippen LogP contribution in [0.2, 0.25) is 0 Å². The van der Waals surface area contributed by atoms with Gasteiger partial charge in [0, 0.05) is 36.9 Å². The van der Waals surface area contributed by atoms with Crippen molar-refractivity contribution in [3.05, 3.63) is 48.0 Å². The Morgan fingerprint density at radius 2 is 1.86 bits per heavy atom. The van der Waals surface area contributed by atoms with Gasteiger partial charge >= 0.3 is 0 Å². The first-order valence-electron chi connectivity index (χ1n) is 6.62. The van der Waals surface area contributed by atoms with Crippen molar-refractivity contribution in [2.45, 2.75) is 19.6 Å². The van der Waals surface area contributed by atoms with Crippen LogP contribution >= 0.6 is 0 Å². The van der Waals surface area contributed by atoms with E-state index in [1.54, 1.807) is 42.5 Å². The summed E-state index contributed by atoms with van der Waals surface area (Å²) < 4.78 is 11.3. The summed E-state index contributed by atoms with van der Waals surface area (Å²) in [5.41, 5.74) is 7.38. The third kappa shape index (κ3) is 2.76. The first-order valence-corrected chi connectivity index (χ1v) is 6.62. The van der Waals surface area contributed by atoms with Crippen LogP contribution in [0, 0.1) is 0 Å². The quantitative estimate of drug-likeness (QED) is 0.831. The smallest absolute Gasteiger partial charge is 0.255 e.